The minimum atomic E-state index is -0.387. The van der Waals surface area contributed by atoms with Crippen molar-refractivity contribution >= 4 is 11.8 Å². The van der Waals surface area contributed by atoms with Crippen molar-refractivity contribution in [3.8, 4) is 0 Å². The van der Waals surface area contributed by atoms with Crippen LogP contribution in [0.4, 0.5) is 0 Å². The van der Waals surface area contributed by atoms with E-state index in [4.69, 9.17) is 0 Å². The van der Waals surface area contributed by atoms with Crippen molar-refractivity contribution in [3.63, 3.8) is 0 Å². The molecule has 0 bridgehead atoms. The fourth-order valence-electron chi connectivity index (χ4n) is 2.19. The summed E-state index contributed by atoms with van der Waals surface area (Å²) in [6.45, 7) is 3.28. The molecular formula is C10H16N2O3. The van der Waals surface area contributed by atoms with E-state index in [1.807, 2.05) is 11.8 Å². The van der Waals surface area contributed by atoms with Gasteiger partial charge in [-0.05, 0) is 18.9 Å². The fraction of sp³-hybridized carbons (Fsp3) is 0.800. The van der Waals surface area contributed by atoms with Gasteiger partial charge < -0.3 is 5.11 Å². The second kappa shape index (κ2) is 3.90. The van der Waals surface area contributed by atoms with Gasteiger partial charge in [-0.2, -0.15) is 0 Å². The lowest BCUT2D eigenvalue weighted by molar-refractivity contribution is -0.127. The maximum absolute atomic E-state index is 11.4. The summed E-state index contributed by atoms with van der Waals surface area (Å²) in [6.07, 6.45) is 0.723. The Morgan fingerprint density at radius 3 is 2.73 bits per heavy atom. The molecule has 15 heavy (non-hydrogen) atoms. The Kier molecular flexibility index (Phi) is 2.75. The molecule has 0 saturated carbocycles. The number of carbonyl (C=O) groups is 2. The molecule has 0 spiro atoms. The first kappa shape index (κ1) is 10.6. The van der Waals surface area contributed by atoms with Gasteiger partial charge >= 0.3 is 0 Å². The smallest absolute Gasteiger partial charge is 0.244 e. The highest BCUT2D eigenvalue weighted by atomic mass is 16.3. The fourth-order valence-corrected chi connectivity index (χ4v) is 2.19. The number of piperidine rings is 1. The third kappa shape index (κ3) is 2.03. The Hall–Kier alpha value is -0.940. The Labute approximate surface area is 88.4 Å². The third-order valence-electron chi connectivity index (χ3n) is 3.33. The van der Waals surface area contributed by atoms with Gasteiger partial charge in [-0.3, -0.25) is 19.8 Å². The number of amides is 2. The van der Waals surface area contributed by atoms with Crippen molar-refractivity contribution in [3.05, 3.63) is 0 Å². The molecule has 2 amide bonds. The van der Waals surface area contributed by atoms with Crippen molar-refractivity contribution in [1.82, 2.24) is 10.2 Å². The third-order valence-corrected chi connectivity index (χ3v) is 3.33. The largest absolute Gasteiger partial charge is 0.392 e. The van der Waals surface area contributed by atoms with Crippen LogP contribution >= 0.6 is 0 Å². The van der Waals surface area contributed by atoms with Gasteiger partial charge in [-0.25, -0.2) is 0 Å². The van der Waals surface area contributed by atoms with E-state index in [1.165, 1.54) is 0 Å². The van der Waals surface area contributed by atoms with Gasteiger partial charge in [-0.1, -0.05) is 6.92 Å². The molecule has 2 saturated heterocycles. The van der Waals surface area contributed by atoms with Crippen molar-refractivity contribution in [2.24, 2.45) is 5.92 Å². The number of β-amino-alcohol motifs (C(OH)–C–C–N with tert-alkyl or cyclic N) is 1. The lowest BCUT2D eigenvalue weighted by atomic mass is 9.94. The number of nitrogens with zero attached hydrogens (tertiary/aromatic N) is 1. The van der Waals surface area contributed by atoms with Gasteiger partial charge in [0.25, 0.3) is 0 Å². The van der Waals surface area contributed by atoms with Crippen LogP contribution in [0, 0.1) is 5.92 Å². The van der Waals surface area contributed by atoms with Crippen LogP contribution in [0.1, 0.15) is 19.8 Å². The Morgan fingerprint density at radius 2 is 2.20 bits per heavy atom. The van der Waals surface area contributed by atoms with E-state index in [-0.39, 0.29) is 36.3 Å². The average molecular weight is 212 g/mol. The quantitative estimate of drug-likeness (QED) is 0.553. The average Bonchev–Trinajstić information content (AvgIpc) is 2.50. The molecule has 2 rings (SSSR count). The molecule has 2 N–H and O–H groups in total. The summed E-state index contributed by atoms with van der Waals surface area (Å²) in [4.78, 5) is 24.4. The molecular weight excluding hydrogens is 196 g/mol. The summed E-state index contributed by atoms with van der Waals surface area (Å²) in [7, 11) is 0. The Bertz CT molecular complexity index is 292. The van der Waals surface area contributed by atoms with E-state index in [0.717, 1.165) is 13.0 Å². The number of likely N-dealkylation sites (tertiary alicyclic amines) is 1. The number of nitrogens with one attached hydrogen (secondary N) is 1. The zero-order valence-electron chi connectivity index (χ0n) is 8.77. The van der Waals surface area contributed by atoms with Gasteiger partial charge in [0.1, 0.15) is 0 Å². The summed E-state index contributed by atoms with van der Waals surface area (Å²) in [5.41, 5.74) is 0. The highest BCUT2D eigenvalue weighted by Crippen LogP contribution is 2.21. The molecule has 3 atom stereocenters. The number of carbonyl (C=O) groups excluding carboxylic acids is 2. The van der Waals surface area contributed by atoms with Crippen LogP contribution in [0.15, 0.2) is 0 Å². The zero-order chi connectivity index (χ0) is 11.0. The molecule has 2 aliphatic rings. The van der Waals surface area contributed by atoms with Crippen LogP contribution in [-0.4, -0.2) is 47.1 Å². The van der Waals surface area contributed by atoms with E-state index < -0.39 is 0 Å². The highest BCUT2D eigenvalue weighted by molar-refractivity contribution is 6.05. The summed E-state index contributed by atoms with van der Waals surface area (Å²) in [5.74, 6) is -0.152. The van der Waals surface area contributed by atoms with E-state index >= 15 is 0 Å². The monoisotopic (exact) mass is 212 g/mol. The first-order chi connectivity index (χ1) is 7.08. The molecule has 2 heterocycles. The molecule has 5 heteroatoms. The molecule has 0 aromatic heterocycles. The van der Waals surface area contributed by atoms with Gasteiger partial charge in [0, 0.05) is 6.54 Å². The highest BCUT2D eigenvalue weighted by Gasteiger charge is 2.38. The van der Waals surface area contributed by atoms with E-state index in [2.05, 4.69) is 5.32 Å². The number of hydrogen-bond donors (Lipinski definition) is 2. The van der Waals surface area contributed by atoms with E-state index in [1.54, 1.807) is 0 Å². The van der Waals surface area contributed by atoms with Crippen LogP contribution in [0.25, 0.3) is 0 Å². The van der Waals surface area contributed by atoms with Crippen LogP contribution in [0.2, 0.25) is 0 Å². The second-order valence-electron chi connectivity index (χ2n) is 4.46. The number of aliphatic hydroxyl groups is 1. The van der Waals surface area contributed by atoms with Crippen LogP contribution in [0.5, 0.6) is 0 Å². The van der Waals surface area contributed by atoms with E-state index in [9.17, 15) is 14.7 Å². The molecule has 0 radical (unpaired) electrons. The number of aliphatic hydroxyl groups excluding tert-OH is 1. The molecule has 3 unspecified atom stereocenters. The molecule has 5 nitrogen and oxygen atoms in total. The van der Waals surface area contributed by atoms with Crippen molar-refractivity contribution in [1.29, 1.82) is 0 Å². The second-order valence-corrected chi connectivity index (χ2v) is 4.46. The van der Waals surface area contributed by atoms with Crippen molar-refractivity contribution in [2.45, 2.75) is 31.9 Å². The Morgan fingerprint density at radius 1 is 1.47 bits per heavy atom. The number of hydrogen-bond acceptors (Lipinski definition) is 4. The summed E-state index contributed by atoms with van der Waals surface area (Å²) in [6, 6.07) is -0.361. The molecule has 2 fully saturated rings. The maximum atomic E-state index is 11.4. The van der Waals surface area contributed by atoms with Crippen LogP contribution < -0.4 is 5.32 Å². The molecule has 84 valence electrons. The van der Waals surface area contributed by atoms with Crippen LogP contribution in [-0.2, 0) is 9.59 Å². The minimum absolute atomic E-state index is 0.210. The van der Waals surface area contributed by atoms with Gasteiger partial charge in [0.05, 0.1) is 18.6 Å². The maximum Gasteiger partial charge on any atom is 0.244 e. The topological polar surface area (TPSA) is 69.6 Å². The van der Waals surface area contributed by atoms with Crippen molar-refractivity contribution in [2.75, 3.05) is 13.1 Å². The normalized spacial score (nSPS) is 38.1. The molecule has 2 aliphatic heterocycles. The van der Waals surface area contributed by atoms with Crippen molar-refractivity contribution < 1.29 is 14.7 Å². The molecule has 0 aromatic carbocycles. The first-order valence-corrected chi connectivity index (χ1v) is 5.33. The summed E-state index contributed by atoms with van der Waals surface area (Å²) >= 11 is 0. The SMILES string of the molecule is CC1CCN(C2CC(=O)NC2=O)CC1O. The lowest BCUT2D eigenvalue weighted by Crippen LogP contribution is -2.50. The zero-order valence-corrected chi connectivity index (χ0v) is 8.77. The molecule has 0 aromatic rings. The summed E-state index contributed by atoms with van der Waals surface area (Å²) in [5, 5.41) is 12.0. The minimum Gasteiger partial charge on any atom is -0.392 e. The predicted octanol–water partition coefficient (Wildman–Crippen LogP) is -0.896. The predicted molar refractivity (Wildman–Crippen MR) is 52.9 cm³/mol. The standard InChI is InChI=1S/C10H16N2O3/c1-6-2-3-12(5-8(6)13)7-4-9(14)11-10(7)15/h6-8,13H,2-5H2,1H3,(H,11,14,15). The van der Waals surface area contributed by atoms with E-state index in [0.29, 0.717) is 6.54 Å². The Balaban J connectivity index is 2.00. The first-order valence-electron chi connectivity index (χ1n) is 5.33. The van der Waals surface area contributed by atoms with Crippen LogP contribution in [0.3, 0.4) is 0 Å². The van der Waals surface area contributed by atoms with Gasteiger partial charge in [0.15, 0.2) is 0 Å². The lowest BCUT2D eigenvalue weighted by Gasteiger charge is -2.36. The molecule has 0 aliphatic carbocycles. The summed E-state index contributed by atoms with van der Waals surface area (Å²) < 4.78 is 0. The van der Waals surface area contributed by atoms with Gasteiger partial charge in [-0.15, -0.1) is 0 Å². The van der Waals surface area contributed by atoms with Gasteiger partial charge in [0.2, 0.25) is 11.8 Å². The number of imide groups is 1. The number of rotatable bonds is 1.